The summed E-state index contributed by atoms with van der Waals surface area (Å²) in [5.41, 5.74) is 6.17. The van der Waals surface area contributed by atoms with Gasteiger partial charge in [0.15, 0.2) is 0 Å². The summed E-state index contributed by atoms with van der Waals surface area (Å²) in [6.45, 7) is 1.68. The summed E-state index contributed by atoms with van der Waals surface area (Å²) >= 11 is 6.75. The molecule has 0 unspecified atom stereocenters. The van der Waals surface area contributed by atoms with E-state index in [-0.39, 0.29) is 21.1 Å². The van der Waals surface area contributed by atoms with Gasteiger partial charge < -0.3 is 10.8 Å². The maximum absolute atomic E-state index is 12.3. The molecule has 2 rings (SSSR count). The molecule has 0 fully saturated rings. The van der Waals surface area contributed by atoms with Crippen molar-refractivity contribution in [2.75, 3.05) is 10.5 Å². The van der Waals surface area contributed by atoms with Crippen LogP contribution in [0.5, 0.6) is 0 Å². The lowest BCUT2D eigenvalue weighted by atomic mass is 10.1. The fraction of sp³-hybridized carbons (Fsp3) is 0.0833. The Hall–Kier alpha value is -1.77. The summed E-state index contributed by atoms with van der Waals surface area (Å²) < 4.78 is 27.1. The first-order valence-corrected chi connectivity index (χ1v) is 8.30. The van der Waals surface area contributed by atoms with Crippen molar-refractivity contribution < 1.29 is 18.3 Å². The van der Waals surface area contributed by atoms with Gasteiger partial charge >= 0.3 is 5.97 Å². The maximum atomic E-state index is 12.3. The van der Waals surface area contributed by atoms with Gasteiger partial charge in [-0.3, -0.25) is 4.72 Å². The Morgan fingerprint density at radius 2 is 2.05 bits per heavy atom. The van der Waals surface area contributed by atoms with Crippen molar-refractivity contribution in [2.24, 2.45) is 0 Å². The van der Waals surface area contributed by atoms with E-state index in [1.54, 1.807) is 6.92 Å². The molecular formula is C12H11ClN2O4S2. The largest absolute Gasteiger partial charge is 0.478 e. The van der Waals surface area contributed by atoms with Crippen molar-refractivity contribution in [3.63, 3.8) is 0 Å². The average Bonchev–Trinajstić information content (AvgIpc) is 2.69. The number of anilines is 2. The molecule has 1 aromatic carbocycles. The highest BCUT2D eigenvalue weighted by molar-refractivity contribution is 7.94. The van der Waals surface area contributed by atoms with Gasteiger partial charge in [0.2, 0.25) is 0 Å². The quantitative estimate of drug-likeness (QED) is 0.737. The van der Waals surface area contributed by atoms with Crippen LogP contribution in [0.4, 0.5) is 11.4 Å². The van der Waals surface area contributed by atoms with Crippen LogP contribution in [0.25, 0.3) is 0 Å². The zero-order chi connectivity index (χ0) is 15.8. The minimum Gasteiger partial charge on any atom is -0.478 e. The zero-order valence-corrected chi connectivity index (χ0v) is 13.1. The molecule has 0 aliphatic heterocycles. The van der Waals surface area contributed by atoms with Gasteiger partial charge in [0.1, 0.15) is 4.21 Å². The number of aryl methyl sites for hydroxylation is 1. The summed E-state index contributed by atoms with van der Waals surface area (Å²) in [6.07, 6.45) is 0. The van der Waals surface area contributed by atoms with E-state index in [2.05, 4.69) is 4.72 Å². The summed E-state index contributed by atoms with van der Waals surface area (Å²) in [4.78, 5) is 11.1. The molecule has 0 atom stereocenters. The minimum absolute atomic E-state index is 0.00348. The second kappa shape index (κ2) is 5.55. The lowest BCUT2D eigenvalue weighted by Gasteiger charge is -2.10. The first kappa shape index (κ1) is 15.6. The number of benzene rings is 1. The fourth-order valence-electron chi connectivity index (χ4n) is 1.59. The SMILES string of the molecule is Cc1cc(S(=O)(=O)Nc2cc(N)ccc2C(=O)O)sc1Cl. The number of thiophene rings is 1. The van der Waals surface area contributed by atoms with E-state index in [0.29, 0.717) is 9.90 Å². The van der Waals surface area contributed by atoms with E-state index >= 15 is 0 Å². The van der Waals surface area contributed by atoms with E-state index in [4.69, 9.17) is 22.4 Å². The van der Waals surface area contributed by atoms with Crippen LogP contribution in [-0.4, -0.2) is 19.5 Å². The standard InChI is InChI=1S/C12H11ClN2O4S2/c1-6-4-10(20-11(6)13)21(18,19)15-9-5-7(14)2-3-8(9)12(16)17/h2-5,15H,14H2,1H3,(H,16,17). The summed E-state index contributed by atoms with van der Waals surface area (Å²) in [5.74, 6) is -1.26. The molecule has 1 heterocycles. The van der Waals surface area contributed by atoms with Gasteiger partial charge in [-0.05, 0) is 36.8 Å². The molecule has 0 aliphatic rings. The Kier molecular flexibility index (Phi) is 4.13. The Balaban J connectivity index is 2.45. The van der Waals surface area contributed by atoms with Gasteiger partial charge in [-0.1, -0.05) is 11.6 Å². The first-order chi connectivity index (χ1) is 9.70. The number of halogens is 1. The third-order valence-electron chi connectivity index (χ3n) is 2.62. The number of hydrogen-bond acceptors (Lipinski definition) is 5. The van der Waals surface area contributed by atoms with Crippen molar-refractivity contribution in [1.29, 1.82) is 0 Å². The molecule has 6 nitrogen and oxygen atoms in total. The van der Waals surface area contributed by atoms with Crippen LogP contribution in [0.15, 0.2) is 28.5 Å². The summed E-state index contributed by atoms with van der Waals surface area (Å²) in [6, 6.07) is 5.29. The molecule has 0 aliphatic carbocycles. The van der Waals surface area contributed by atoms with Crippen LogP contribution >= 0.6 is 22.9 Å². The number of nitrogens with one attached hydrogen (secondary N) is 1. The number of sulfonamides is 1. The van der Waals surface area contributed by atoms with E-state index in [1.165, 1.54) is 24.3 Å². The Morgan fingerprint density at radius 1 is 1.38 bits per heavy atom. The molecule has 0 spiro atoms. The van der Waals surface area contributed by atoms with E-state index in [9.17, 15) is 13.2 Å². The average molecular weight is 347 g/mol. The normalized spacial score (nSPS) is 11.3. The molecule has 0 bridgehead atoms. The van der Waals surface area contributed by atoms with Crippen LogP contribution in [-0.2, 0) is 10.0 Å². The molecule has 9 heteroatoms. The second-order valence-corrected chi connectivity index (χ2v) is 7.80. The summed E-state index contributed by atoms with van der Waals surface area (Å²) in [7, 11) is -3.92. The van der Waals surface area contributed by atoms with E-state index in [1.807, 2.05) is 0 Å². The molecule has 0 saturated heterocycles. The van der Waals surface area contributed by atoms with Crippen molar-refractivity contribution in [2.45, 2.75) is 11.1 Å². The van der Waals surface area contributed by atoms with Gasteiger partial charge in [-0.25, -0.2) is 13.2 Å². The number of hydrogen-bond donors (Lipinski definition) is 3. The smallest absolute Gasteiger partial charge is 0.337 e. The third kappa shape index (κ3) is 3.29. The zero-order valence-electron chi connectivity index (χ0n) is 10.8. The number of aromatic carboxylic acids is 1. The molecule has 21 heavy (non-hydrogen) atoms. The van der Waals surface area contributed by atoms with Crippen LogP contribution < -0.4 is 10.5 Å². The Labute approximate surface area is 130 Å². The Bertz CT molecular complexity index is 795. The molecule has 4 N–H and O–H groups in total. The minimum atomic E-state index is -3.92. The van der Waals surface area contributed by atoms with Gasteiger partial charge in [0, 0.05) is 5.69 Å². The fourth-order valence-corrected chi connectivity index (χ4v) is 4.37. The second-order valence-electron chi connectivity index (χ2n) is 4.24. The monoisotopic (exact) mass is 346 g/mol. The predicted octanol–water partition coefficient (Wildman–Crippen LogP) is 2.79. The molecule has 0 saturated carbocycles. The third-order valence-corrected chi connectivity index (χ3v) is 6.01. The van der Waals surface area contributed by atoms with Gasteiger partial charge in [0.05, 0.1) is 15.6 Å². The van der Waals surface area contributed by atoms with Gasteiger partial charge in [-0.2, -0.15) is 0 Å². The van der Waals surface area contributed by atoms with Crippen molar-refractivity contribution in [1.82, 2.24) is 0 Å². The number of carbonyl (C=O) groups is 1. The topological polar surface area (TPSA) is 109 Å². The number of carboxylic acids is 1. The highest BCUT2D eigenvalue weighted by atomic mass is 35.5. The van der Waals surface area contributed by atoms with Crippen LogP contribution in [0.2, 0.25) is 4.34 Å². The van der Waals surface area contributed by atoms with Crippen molar-refractivity contribution in [3.05, 3.63) is 39.7 Å². The molecule has 112 valence electrons. The van der Waals surface area contributed by atoms with Gasteiger partial charge in [-0.15, -0.1) is 11.3 Å². The Morgan fingerprint density at radius 3 is 2.57 bits per heavy atom. The van der Waals surface area contributed by atoms with Crippen molar-refractivity contribution >= 4 is 50.3 Å². The lowest BCUT2D eigenvalue weighted by Crippen LogP contribution is -2.14. The van der Waals surface area contributed by atoms with Crippen LogP contribution in [0, 0.1) is 6.92 Å². The van der Waals surface area contributed by atoms with Crippen LogP contribution in [0.3, 0.4) is 0 Å². The molecule has 2 aromatic rings. The van der Waals surface area contributed by atoms with Crippen LogP contribution in [0.1, 0.15) is 15.9 Å². The number of nitrogen functional groups attached to an aromatic ring is 1. The van der Waals surface area contributed by atoms with Crippen molar-refractivity contribution in [3.8, 4) is 0 Å². The molecule has 0 radical (unpaired) electrons. The highest BCUT2D eigenvalue weighted by Gasteiger charge is 2.21. The molecular weight excluding hydrogens is 336 g/mol. The molecule has 1 aromatic heterocycles. The lowest BCUT2D eigenvalue weighted by molar-refractivity contribution is 0.0698. The number of carboxylic acid groups (broad SMARTS) is 1. The number of nitrogens with two attached hydrogens (primary N) is 1. The maximum Gasteiger partial charge on any atom is 0.337 e. The van der Waals surface area contributed by atoms with Gasteiger partial charge in [0.25, 0.3) is 10.0 Å². The van der Waals surface area contributed by atoms with E-state index < -0.39 is 16.0 Å². The first-order valence-electron chi connectivity index (χ1n) is 5.62. The molecule has 0 amide bonds. The van der Waals surface area contributed by atoms with E-state index in [0.717, 1.165) is 11.3 Å². The predicted molar refractivity (Wildman–Crippen MR) is 82.7 cm³/mol. The number of rotatable bonds is 4. The highest BCUT2D eigenvalue weighted by Crippen LogP contribution is 2.32. The summed E-state index contributed by atoms with van der Waals surface area (Å²) in [5, 5.41) is 9.08.